The molecule has 2 aromatic heterocycles. The Kier molecular flexibility index (Phi) is 6.41. The van der Waals surface area contributed by atoms with Gasteiger partial charge in [0.15, 0.2) is 0 Å². The molecule has 0 radical (unpaired) electrons. The molecule has 2 heterocycles. The monoisotopic (exact) mass is 699 g/mol. The summed E-state index contributed by atoms with van der Waals surface area (Å²) in [6, 6.07) is 61.2. The highest BCUT2D eigenvalue weighted by Gasteiger charge is 2.37. The van der Waals surface area contributed by atoms with E-state index in [0.717, 1.165) is 5.69 Å². The van der Waals surface area contributed by atoms with Crippen LogP contribution in [0.1, 0.15) is 25.0 Å². The molecule has 0 atom stereocenters. The molecule has 0 aliphatic heterocycles. The molecule has 3 heteroatoms. The Labute approximate surface area is 310 Å². The Morgan fingerprint density at radius 1 is 0.423 bits per heavy atom. The number of benzene rings is 8. The van der Waals surface area contributed by atoms with E-state index in [0.29, 0.717) is 0 Å². The predicted octanol–water partition coefficient (Wildman–Crippen LogP) is 15.0. The Hall–Kier alpha value is -5.74. The summed E-state index contributed by atoms with van der Waals surface area (Å²) in [6.45, 7) is 4.72. The molecule has 246 valence electrons. The minimum atomic E-state index is -0.0795. The minimum absolute atomic E-state index is 0.0795. The van der Waals surface area contributed by atoms with E-state index in [1.54, 1.807) is 0 Å². The van der Waals surface area contributed by atoms with Gasteiger partial charge in [-0.1, -0.05) is 117 Å². The second-order valence-electron chi connectivity index (χ2n) is 14.5. The van der Waals surface area contributed by atoms with Gasteiger partial charge in [0.2, 0.25) is 0 Å². The van der Waals surface area contributed by atoms with Crippen LogP contribution >= 0.6 is 22.7 Å². The molecule has 0 unspecified atom stereocenters. The molecular formula is C49H33NS2. The van der Waals surface area contributed by atoms with Crippen molar-refractivity contribution in [1.29, 1.82) is 0 Å². The molecular weight excluding hydrogens is 667 g/mol. The number of rotatable bonds is 4. The maximum atomic E-state index is 2.48. The van der Waals surface area contributed by atoms with Crippen LogP contribution in [0.25, 0.3) is 73.4 Å². The first-order valence-electron chi connectivity index (χ1n) is 17.9. The summed E-state index contributed by atoms with van der Waals surface area (Å²) in [5, 5.41) is 7.87. The van der Waals surface area contributed by atoms with E-state index in [-0.39, 0.29) is 5.41 Å². The smallest absolute Gasteiger partial charge is 0.0543 e. The number of thiophene rings is 2. The first kappa shape index (κ1) is 29.9. The third-order valence-electron chi connectivity index (χ3n) is 11.2. The summed E-state index contributed by atoms with van der Waals surface area (Å²) in [7, 11) is 0. The largest absolute Gasteiger partial charge is 0.310 e. The fraction of sp³-hybridized carbons (Fsp3) is 0.0612. The molecule has 1 nitrogen and oxygen atoms in total. The van der Waals surface area contributed by atoms with E-state index in [9.17, 15) is 0 Å². The Balaban J connectivity index is 1.07. The summed E-state index contributed by atoms with van der Waals surface area (Å²) in [4.78, 5) is 2.48. The topological polar surface area (TPSA) is 3.24 Å². The van der Waals surface area contributed by atoms with Gasteiger partial charge in [-0.05, 0) is 99.3 Å². The molecule has 10 aromatic rings. The number of fused-ring (bicyclic) bond motifs is 10. The van der Waals surface area contributed by atoms with E-state index in [1.807, 2.05) is 22.7 Å². The predicted molar refractivity (Wildman–Crippen MR) is 227 cm³/mol. The summed E-state index contributed by atoms with van der Waals surface area (Å²) < 4.78 is 5.32. The van der Waals surface area contributed by atoms with Gasteiger partial charge in [-0.25, -0.2) is 0 Å². The summed E-state index contributed by atoms with van der Waals surface area (Å²) in [5.41, 5.74) is 11.3. The van der Waals surface area contributed by atoms with Gasteiger partial charge in [-0.15, -0.1) is 22.7 Å². The van der Waals surface area contributed by atoms with Crippen molar-refractivity contribution in [1.82, 2.24) is 0 Å². The van der Waals surface area contributed by atoms with E-state index < -0.39 is 0 Å². The van der Waals surface area contributed by atoms with Gasteiger partial charge in [-0.2, -0.15) is 0 Å². The molecule has 52 heavy (non-hydrogen) atoms. The molecule has 0 fully saturated rings. The molecule has 0 spiro atoms. The van der Waals surface area contributed by atoms with Crippen molar-refractivity contribution >= 4 is 90.9 Å². The number of nitrogens with zero attached hydrogens (tertiary/aromatic N) is 1. The van der Waals surface area contributed by atoms with Gasteiger partial charge in [0.25, 0.3) is 0 Å². The average molecular weight is 700 g/mol. The second-order valence-corrected chi connectivity index (χ2v) is 16.7. The number of hydrogen-bond acceptors (Lipinski definition) is 3. The first-order valence-corrected chi connectivity index (χ1v) is 19.5. The van der Waals surface area contributed by atoms with Crippen LogP contribution in [0.2, 0.25) is 0 Å². The van der Waals surface area contributed by atoms with Crippen LogP contribution in [-0.2, 0) is 5.41 Å². The van der Waals surface area contributed by atoms with Crippen LogP contribution in [0, 0.1) is 0 Å². The van der Waals surface area contributed by atoms with E-state index in [4.69, 9.17) is 0 Å². The molecule has 0 bridgehead atoms. The van der Waals surface area contributed by atoms with Crippen LogP contribution in [0.3, 0.4) is 0 Å². The number of hydrogen-bond donors (Lipinski definition) is 0. The zero-order chi connectivity index (χ0) is 34.6. The van der Waals surface area contributed by atoms with Crippen LogP contribution in [0.5, 0.6) is 0 Å². The van der Waals surface area contributed by atoms with Crippen molar-refractivity contribution in [3.63, 3.8) is 0 Å². The fourth-order valence-electron chi connectivity index (χ4n) is 8.65. The zero-order valence-corrected chi connectivity index (χ0v) is 30.5. The maximum Gasteiger partial charge on any atom is 0.0543 e. The van der Waals surface area contributed by atoms with Crippen molar-refractivity contribution in [2.24, 2.45) is 0 Å². The van der Waals surface area contributed by atoms with Crippen LogP contribution in [0.4, 0.5) is 17.1 Å². The van der Waals surface area contributed by atoms with Crippen molar-refractivity contribution in [3.8, 4) is 22.3 Å². The van der Waals surface area contributed by atoms with Gasteiger partial charge in [0, 0.05) is 62.7 Å². The molecule has 0 saturated heterocycles. The van der Waals surface area contributed by atoms with Gasteiger partial charge in [0.05, 0.1) is 5.69 Å². The highest BCUT2D eigenvalue weighted by molar-refractivity contribution is 7.26. The van der Waals surface area contributed by atoms with Crippen molar-refractivity contribution in [2.45, 2.75) is 19.3 Å². The van der Waals surface area contributed by atoms with Crippen molar-refractivity contribution < 1.29 is 0 Å². The summed E-state index contributed by atoms with van der Waals surface area (Å²) in [5.74, 6) is 0. The second kappa shape index (κ2) is 11.1. The normalized spacial score (nSPS) is 13.3. The lowest BCUT2D eigenvalue weighted by Crippen LogP contribution is -2.16. The van der Waals surface area contributed by atoms with Gasteiger partial charge < -0.3 is 4.90 Å². The SMILES string of the molecule is CC1(C)c2ccccc2-c2c(N(c3ccc(-c4ccc5cc6sc7ccccc7c6cc5c4)cc3)c3ccc4c(c3)sc3ccccc34)cccc21. The molecule has 1 aliphatic carbocycles. The summed E-state index contributed by atoms with van der Waals surface area (Å²) in [6.07, 6.45) is 0. The van der Waals surface area contributed by atoms with E-state index in [1.165, 1.54) is 95.9 Å². The Morgan fingerprint density at radius 2 is 1.06 bits per heavy atom. The lowest BCUT2D eigenvalue weighted by molar-refractivity contribution is 0.660. The molecule has 0 amide bonds. The Morgan fingerprint density at radius 3 is 1.87 bits per heavy atom. The number of anilines is 3. The van der Waals surface area contributed by atoms with Gasteiger partial charge >= 0.3 is 0 Å². The standard InChI is InChI=1S/C49H33NS2/c1-49(2)41-13-6-3-12-39(41)48-42(49)14-9-15-43(48)50(35-24-25-38-36-10-4-7-16-44(36)52-47(38)29-35)34-22-20-30(21-23-34)31-18-19-32-28-46-40(27-33(32)26-31)37-11-5-8-17-45(37)51-46/h3-29H,1-2H3. The average Bonchev–Trinajstić information content (AvgIpc) is 3.81. The van der Waals surface area contributed by atoms with Crippen LogP contribution in [0.15, 0.2) is 164 Å². The van der Waals surface area contributed by atoms with Crippen molar-refractivity contribution in [2.75, 3.05) is 4.90 Å². The van der Waals surface area contributed by atoms with Crippen molar-refractivity contribution in [3.05, 3.63) is 175 Å². The lowest BCUT2D eigenvalue weighted by atomic mass is 9.82. The highest BCUT2D eigenvalue weighted by Crippen LogP contribution is 2.54. The molecule has 1 aliphatic rings. The quantitative estimate of drug-likeness (QED) is 0.177. The van der Waals surface area contributed by atoms with Gasteiger partial charge in [-0.3, -0.25) is 0 Å². The summed E-state index contributed by atoms with van der Waals surface area (Å²) >= 11 is 3.75. The Bertz CT molecular complexity index is 3050. The van der Waals surface area contributed by atoms with Gasteiger partial charge in [0.1, 0.15) is 0 Å². The molecule has 0 N–H and O–H groups in total. The van der Waals surface area contributed by atoms with E-state index >= 15 is 0 Å². The minimum Gasteiger partial charge on any atom is -0.310 e. The van der Waals surface area contributed by atoms with E-state index in [2.05, 4.69) is 183 Å². The molecule has 11 rings (SSSR count). The molecule has 8 aromatic carbocycles. The highest BCUT2D eigenvalue weighted by atomic mass is 32.1. The van der Waals surface area contributed by atoms with Crippen LogP contribution < -0.4 is 4.90 Å². The third-order valence-corrected chi connectivity index (χ3v) is 13.5. The zero-order valence-electron chi connectivity index (χ0n) is 28.9. The van der Waals surface area contributed by atoms with Crippen LogP contribution in [-0.4, -0.2) is 0 Å². The first-order chi connectivity index (χ1) is 25.5. The third kappa shape index (κ3) is 4.40. The lowest BCUT2D eigenvalue weighted by Gasteiger charge is -2.29. The molecule has 0 saturated carbocycles. The maximum absolute atomic E-state index is 2.48. The fourth-order valence-corrected chi connectivity index (χ4v) is 10.9.